The van der Waals surface area contributed by atoms with Gasteiger partial charge in [0, 0.05) is 38.4 Å². The van der Waals surface area contributed by atoms with Crippen LogP contribution in [0.2, 0.25) is 0 Å². The number of anilines is 1. The van der Waals surface area contributed by atoms with E-state index < -0.39 is 10.0 Å². The third kappa shape index (κ3) is 6.12. The Morgan fingerprint density at radius 3 is 2.23 bits per heavy atom. The quantitative estimate of drug-likeness (QED) is 0.732. The molecule has 0 radical (unpaired) electrons. The highest BCUT2D eigenvalue weighted by atomic mass is 32.2. The fraction of sp³-hybridized carbons (Fsp3) is 0.278. The van der Waals surface area contributed by atoms with E-state index in [0.717, 1.165) is 5.69 Å². The van der Waals surface area contributed by atoms with Crippen LogP contribution in [-0.4, -0.2) is 40.7 Å². The zero-order chi connectivity index (χ0) is 19.2. The number of benzene rings is 2. The number of carbonyl (C=O) groups is 1. The van der Waals surface area contributed by atoms with Gasteiger partial charge in [-0.3, -0.25) is 4.79 Å². The summed E-state index contributed by atoms with van der Waals surface area (Å²) in [5, 5.41) is 2.59. The molecule has 2 aromatic carbocycles. The number of nitrogens with one attached hydrogen (secondary N) is 2. The van der Waals surface area contributed by atoms with Gasteiger partial charge in [0.2, 0.25) is 10.0 Å². The van der Waals surface area contributed by atoms with E-state index >= 15 is 0 Å². The van der Waals surface area contributed by atoms with Crippen molar-refractivity contribution < 1.29 is 17.6 Å². The first-order valence-electron chi connectivity index (χ1n) is 8.04. The zero-order valence-electron chi connectivity index (χ0n) is 14.7. The third-order valence-electron chi connectivity index (χ3n) is 3.71. The molecule has 0 saturated carbocycles. The Labute approximate surface area is 153 Å². The monoisotopic (exact) mass is 379 g/mol. The van der Waals surface area contributed by atoms with E-state index in [1.165, 1.54) is 24.3 Å². The van der Waals surface area contributed by atoms with Crippen LogP contribution in [0.1, 0.15) is 15.9 Å². The van der Waals surface area contributed by atoms with Crippen LogP contribution in [0.3, 0.4) is 0 Å². The van der Waals surface area contributed by atoms with E-state index in [1.54, 1.807) is 12.1 Å². The molecular formula is C18H22FN3O3S. The molecule has 0 aliphatic carbocycles. The molecule has 8 heteroatoms. The summed E-state index contributed by atoms with van der Waals surface area (Å²) < 4.78 is 39.2. The molecule has 6 nitrogen and oxygen atoms in total. The van der Waals surface area contributed by atoms with Gasteiger partial charge in [-0.25, -0.2) is 17.5 Å². The summed E-state index contributed by atoms with van der Waals surface area (Å²) in [6.45, 7) is 0.0651. The van der Waals surface area contributed by atoms with Gasteiger partial charge in [0.05, 0.1) is 5.75 Å². The standard InChI is InChI=1S/C18H22FN3O3S/c1-22(2)17-9-5-15(6-10-17)18(23)20-11-12-26(24,25)21-13-14-3-7-16(19)8-4-14/h3-10,21H,11-13H2,1-2H3,(H,20,23). The third-order valence-corrected chi connectivity index (χ3v) is 5.04. The van der Waals surface area contributed by atoms with Crippen LogP contribution >= 0.6 is 0 Å². The zero-order valence-corrected chi connectivity index (χ0v) is 15.5. The van der Waals surface area contributed by atoms with Gasteiger partial charge in [0.15, 0.2) is 0 Å². The molecule has 0 unspecified atom stereocenters. The molecule has 0 saturated heterocycles. The van der Waals surface area contributed by atoms with E-state index in [4.69, 9.17) is 0 Å². The van der Waals surface area contributed by atoms with Gasteiger partial charge in [-0.2, -0.15) is 0 Å². The van der Waals surface area contributed by atoms with Gasteiger partial charge in [-0.05, 0) is 42.0 Å². The lowest BCUT2D eigenvalue weighted by molar-refractivity contribution is 0.0956. The summed E-state index contributed by atoms with van der Waals surface area (Å²) in [4.78, 5) is 14.0. The Morgan fingerprint density at radius 1 is 1.04 bits per heavy atom. The normalized spacial score (nSPS) is 11.2. The maximum Gasteiger partial charge on any atom is 0.251 e. The highest BCUT2D eigenvalue weighted by Gasteiger charge is 2.12. The molecule has 0 fully saturated rings. The van der Waals surface area contributed by atoms with Crippen LogP contribution < -0.4 is 14.9 Å². The molecule has 0 spiro atoms. The number of nitrogens with zero attached hydrogens (tertiary/aromatic N) is 1. The Balaban J connectivity index is 1.79. The SMILES string of the molecule is CN(C)c1ccc(C(=O)NCCS(=O)(=O)NCc2ccc(F)cc2)cc1. The Kier molecular flexibility index (Phi) is 6.70. The van der Waals surface area contributed by atoms with Crippen molar-refractivity contribution in [2.24, 2.45) is 0 Å². The van der Waals surface area contributed by atoms with Gasteiger partial charge < -0.3 is 10.2 Å². The first kappa shape index (κ1) is 19.9. The van der Waals surface area contributed by atoms with Gasteiger partial charge in [0.25, 0.3) is 5.91 Å². The molecule has 26 heavy (non-hydrogen) atoms. The van der Waals surface area contributed by atoms with E-state index in [-0.39, 0.29) is 30.6 Å². The van der Waals surface area contributed by atoms with Gasteiger partial charge in [-0.1, -0.05) is 12.1 Å². The largest absolute Gasteiger partial charge is 0.378 e. The van der Waals surface area contributed by atoms with E-state index in [2.05, 4.69) is 10.0 Å². The number of amides is 1. The van der Waals surface area contributed by atoms with Crippen molar-refractivity contribution in [1.82, 2.24) is 10.0 Å². The number of carbonyl (C=O) groups excluding carboxylic acids is 1. The number of hydrogen-bond donors (Lipinski definition) is 2. The highest BCUT2D eigenvalue weighted by Crippen LogP contribution is 2.12. The molecular weight excluding hydrogens is 357 g/mol. The van der Waals surface area contributed by atoms with Crippen molar-refractivity contribution in [3.05, 3.63) is 65.5 Å². The molecule has 0 atom stereocenters. The van der Waals surface area contributed by atoms with Gasteiger partial charge in [0.1, 0.15) is 5.82 Å². The highest BCUT2D eigenvalue weighted by molar-refractivity contribution is 7.89. The van der Waals surface area contributed by atoms with Crippen molar-refractivity contribution in [2.75, 3.05) is 31.3 Å². The summed E-state index contributed by atoms with van der Waals surface area (Å²) in [5.74, 6) is -0.947. The van der Waals surface area contributed by atoms with E-state index in [1.807, 2.05) is 31.1 Å². The fourth-order valence-electron chi connectivity index (χ4n) is 2.18. The lowest BCUT2D eigenvalue weighted by Gasteiger charge is -2.12. The lowest BCUT2D eigenvalue weighted by atomic mass is 10.2. The minimum Gasteiger partial charge on any atom is -0.378 e. The van der Waals surface area contributed by atoms with Crippen LogP contribution in [0.15, 0.2) is 48.5 Å². The number of halogens is 1. The first-order valence-corrected chi connectivity index (χ1v) is 9.69. The predicted octanol–water partition coefficient (Wildman–Crippen LogP) is 1.74. The predicted molar refractivity (Wildman–Crippen MR) is 100 cm³/mol. The maximum absolute atomic E-state index is 12.8. The fourth-order valence-corrected chi connectivity index (χ4v) is 3.08. The Morgan fingerprint density at radius 2 is 1.65 bits per heavy atom. The van der Waals surface area contributed by atoms with Crippen molar-refractivity contribution in [3.63, 3.8) is 0 Å². The minimum absolute atomic E-state index is 0.00693. The summed E-state index contributed by atoms with van der Waals surface area (Å²) in [7, 11) is 0.252. The second-order valence-corrected chi connectivity index (χ2v) is 7.89. The number of rotatable bonds is 8. The topological polar surface area (TPSA) is 78.5 Å². The second kappa shape index (κ2) is 8.77. The van der Waals surface area contributed by atoms with Crippen LogP contribution in [0, 0.1) is 5.82 Å². The van der Waals surface area contributed by atoms with Crippen molar-refractivity contribution >= 4 is 21.6 Å². The lowest BCUT2D eigenvalue weighted by Crippen LogP contribution is -2.34. The average molecular weight is 379 g/mol. The van der Waals surface area contributed by atoms with Crippen molar-refractivity contribution in [1.29, 1.82) is 0 Å². The Hall–Kier alpha value is -2.45. The molecule has 2 N–H and O–H groups in total. The van der Waals surface area contributed by atoms with Crippen LogP contribution in [0.4, 0.5) is 10.1 Å². The molecule has 140 valence electrons. The van der Waals surface area contributed by atoms with E-state index in [0.29, 0.717) is 11.1 Å². The average Bonchev–Trinajstić information content (AvgIpc) is 2.61. The van der Waals surface area contributed by atoms with Crippen LogP contribution in [-0.2, 0) is 16.6 Å². The smallest absolute Gasteiger partial charge is 0.251 e. The molecule has 0 bridgehead atoms. The molecule has 1 amide bonds. The number of sulfonamides is 1. The molecule has 0 aliphatic rings. The summed E-state index contributed by atoms with van der Waals surface area (Å²) in [6.07, 6.45) is 0. The summed E-state index contributed by atoms with van der Waals surface area (Å²) in [5.41, 5.74) is 2.08. The molecule has 0 aromatic heterocycles. The molecule has 0 aliphatic heterocycles. The van der Waals surface area contributed by atoms with Crippen molar-refractivity contribution in [3.8, 4) is 0 Å². The van der Waals surface area contributed by atoms with Crippen molar-refractivity contribution in [2.45, 2.75) is 6.54 Å². The van der Waals surface area contributed by atoms with Gasteiger partial charge in [-0.15, -0.1) is 0 Å². The van der Waals surface area contributed by atoms with E-state index in [9.17, 15) is 17.6 Å². The van der Waals surface area contributed by atoms with Gasteiger partial charge >= 0.3 is 0 Å². The second-order valence-electron chi connectivity index (χ2n) is 5.96. The van der Waals surface area contributed by atoms with Crippen LogP contribution in [0.25, 0.3) is 0 Å². The minimum atomic E-state index is -3.55. The number of hydrogen-bond acceptors (Lipinski definition) is 4. The Bertz CT molecular complexity index is 835. The molecule has 0 heterocycles. The summed E-state index contributed by atoms with van der Waals surface area (Å²) >= 11 is 0. The first-order chi connectivity index (χ1) is 12.3. The molecule has 2 aromatic rings. The summed E-state index contributed by atoms with van der Waals surface area (Å²) in [6, 6.07) is 12.6. The van der Waals surface area contributed by atoms with Crippen LogP contribution in [0.5, 0.6) is 0 Å². The maximum atomic E-state index is 12.8. The molecule has 2 rings (SSSR count).